The molecule has 1 saturated heterocycles. The van der Waals surface area contributed by atoms with E-state index >= 15 is 0 Å². The standard InChI is InChI=1S/C16H23BrN2O/c1-16(2,19-9-5-3-4-6-10-19)15(20)11-14-8-7-13(17)12-18-14/h7-8,12H,3-6,9-11H2,1-2H3. The van der Waals surface area contributed by atoms with Crippen LogP contribution in [0.1, 0.15) is 45.2 Å². The number of carbonyl (C=O) groups excluding carboxylic acids is 1. The first-order valence-corrected chi connectivity index (χ1v) is 8.18. The minimum Gasteiger partial charge on any atom is -0.297 e. The van der Waals surface area contributed by atoms with Gasteiger partial charge in [0.2, 0.25) is 0 Å². The number of rotatable bonds is 4. The van der Waals surface area contributed by atoms with E-state index < -0.39 is 0 Å². The van der Waals surface area contributed by atoms with E-state index in [4.69, 9.17) is 0 Å². The minimum atomic E-state index is -0.390. The van der Waals surface area contributed by atoms with Crippen LogP contribution in [0.2, 0.25) is 0 Å². The molecule has 0 atom stereocenters. The van der Waals surface area contributed by atoms with Crippen LogP contribution in [-0.2, 0) is 11.2 Å². The molecule has 1 fully saturated rings. The van der Waals surface area contributed by atoms with E-state index in [0.29, 0.717) is 6.42 Å². The molecule has 110 valence electrons. The lowest BCUT2D eigenvalue weighted by Gasteiger charge is -2.36. The summed E-state index contributed by atoms with van der Waals surface area (Å²) >= 11 is 3.37. The Bertz CT molecular complexity index is 448. The molecular formula is C16H23BrN2O. The predicted octanol–water partition coefficient (Wildman–Crippen LogP) is 3.61. The van der Waals surface area contributed by atoms with Crippen molar-refractivity contribution in [1.29, 1.82) is 0 Å². The Labute approximate surface area is 129 Å². The molecule has 0 radical (unpaired) electrons. The number of hydrogen-bond acceptors (Lipinski definition) is 3. The Balaban J connectivity index is 2.03. The first-order valence-electron chi connectivity index (χ1n) is 7.39. The lowest BCUT2D eigenvalue weighted by atomic mass is 9.92. The average molecular weight is 339 g/mol. The van der Waals surface area contributed by atoms with Crippen LogP contribution < -0.4 is 0 Å². The Hall–Kier alpha value is -0.740. The van der Waals surface area contributed by atoms with Crippen molar-refractivity contribution in [2.24, 2.45) is 0 Å². The summed E-state index contributed by atoms with van der Waals surface area (Å²) in [6.45, 7) is 6.18. The molecule has 0 bridgehead atoms. The second-order valence-corrected chi connectivity index (χ2v) is 6.94. The molecule has 0 amide bonds. The number of halogens is 1. The van der Waals surface area contributed by atoms with Gasteiger partial charge in [-0.25, -0.2) is 0 Å². The lowest BCUT2D eigenvalue weighted by molar-refractivity contribution is -0.128. The third kappa shape index (κ3) is 3.89. The van der Waals surface area contributed by atoms with Crippen LogP contribution in [0, 0.1) is 0 Å². The highest BCUT2D eigenvalue weighted by atomic mass is 79.9. The molecule has 2 heterocycles. The van der Waals surface area contributed by atoms with E-state index in [0.717, 1.165) is 23.3 Å². The number of hydrogen-bond donors (Lipinski definition) is 0. The maximum Gasteiger partial charge on any atom is 0.158 e. The molecule has 20 heavy (non-hydrogen) atoms. The molecule has 1 aromatic heterocycles. The Morgan fingerprint density at radius 1 is 1.25 bits per heavy atom. The number of carbonyl (C=O) groups is 1. The summed E-state index contributed by atoms with van der Waals surface area (Å²) < 4.78 is 0.945. The van der Waals surface area contributed by atoms with Crippen LogP contribution in [0.3, 0.4) is 0 Å². The van der Waals surface area contributed by atoms with Gasteiger partial charge in [0, 0.05) is 16.4 Å². The van der Waals surface area contributed by atoms with Crippen molar-refractivity contribution in [3.63, 3.8) is 0 Å². The zero-order valence-electron chi connectivity index (χ0n) is 12.4. The smallest absolute Gasteiger partial charge is 0.158 e. The first kappa shape index (κ1) is 15.6. The topological polar surface area (TPSA) is 33.2 Å². The van der Waals surface area contributed by atoms with Crippen molar-refractivity contribution in [2.45, 2.75) is 51.5 Å². The van der Waals surface area contributed by atoms with Gasteiger partial charge in [0.15, 0.2) is 5.78 Å². The lowest BCUT2D eigenvalue weighted by Crippen LogP contribution is -2.51. The summed E-state index contributed by atoms with van der Waals surface area (Å²) in [6, 6.07) is 3.86. The van der Waals surface area contributed by atoms with E-state index in [2.05, 4.69) is 39.7 Å². The molecule has 2 rings (SSSR count). The number of aromatic nitrogens is 1. The van der Waals surface area contributed by atoms with Crippen LogP contribution in [0.15, 0.2) is 22.8 Å². The number of nitrogens with zero attached hydrogens (tertiary/aromatic N) is 2. The fourth-order valence-corrected chi connectivity index (χ4v) is 2.93. The van der Waals surface area contributed by atoms with Gasteiger partial charge in [0.1, 0.15) is 0 Å². The maximum atomic E-state index is 12.6. The average Bonchev–Trinajstić information content (AvgIpc) is 2.70. The number of ketones is 1. The second-order valence-electron chi connectivity index (χ2n) is 6.03. The summed E-state index contributed by atoms with van der Waals surface area (Å²) in [5.41, 5.74) is 0.458. The molecule has 1 aliphatic rings. The SMILES string of the molecule is CC(C)(C(=O)Cc1ccc(Br)cn1)N1CCCCCC1. The van der Waals surface area contributed by atoms with Gasteiger partial charge in [-0.3, -0.25) is 14.7 Å². The van der Waals surface area contributed by atoms with Crippen molar-refractivity contribution in [2.75, 3.05) is 13.1 Å². The summed E-state index contributed by atoms with van der Waals surface area (Å²) in [7, 11) is 0. The second kappa shape index (κ2) is 6.81. The van der Waals surface area contributed by atoms with Crippen molar-refractivity contribution in [3.05, 3.63) is 28.5 Å². The van der Waals surface area contributed by atoms with Crippen LogP contribution in [0.5, 0.6) is 0 Å². The zero-order chi connectivity index (χ0) is 14.6. The molecule has 0 spiro atoms. The fraction of sp³-hybridized carbons (Fsp3) is 0.625. The van der Waals surface area contributed by atoms with Gasteiger partial charge in [0.05, 0.1) is 12.0 Å². The van der Waals surface area contributed by atoms with Crippen LogP contribution in [0.25, 0.3) is 0 Å². The zero-order valence-corrected chi connectivity index (χ0v) is 13.9. The van der Waals surface area contributed by atoms with Gasteiger partial charge < -0.3 is 0 Å². The van der Waals surface area contributed by atoms with Gasteiger partial charge in [-0.2, -0.15) is 0 Å². The van der Waals surface area contributed by atoms with Crippen molar-refractivity contribution in [3.8, 4) is 0 Å². The molecule has 0 unspecified atom stereocenters. The predicted molar refractivity (Wildman–Crippen MR) is 84.8 cm³/mol. The van der Waals surface area contributed by atoms with Gasteiger partial charge in [-0.1, -0.05) is 12.8 Å². The number of likely N-dealkylation sites (tertiary alicyclic amines) is 1. The van der Waals surface area contributed by atoms with E-state index in [1.807, 2.05) is 12.1 Å². The first-order chi connectivity index (χ1) is 9.50. The van der Waals surface area contributed by atoms with E-state index in [-0.39, 0.29) is 11.3 Å². The molecule has 0 aliphatic carbocycles. The third-order valence-electron chi connectivity index (χ3n) is 4.21. The largest absolute Gasteiger partial charge is 0.297 e. The van der Waals surface area contributed by atoms with E-state index in [9.17, 15) is 4.79 Å². The van der Waals surface area contributed by atoms with Crippen LogP contribution in [-0.4, -0.2) is 34.3 Å². The Morgan fingerprint density at radius 3 is 2.45 bits per heavy atom. The van der Waals surface area contributed by atoms with E-state index in [1.165, 1.54) is 25.7 Å². The van der Waals surface area contributed by atoms with Gasteiger partial charge in [-0.05, 0) is 67.8 Å². The highest BCUT2D eigenvalue weighted by Gasteiger charge is 2.34. The molecule has 0 saturated carbocycles. The maximum absolute atomic E-state index is 12.6. The normalized spacial score (nSPS) is 17.8. The van der Waals surface area contributed by atoms with Crippen molar-refractivity contribution >= 4 is 21.7 Å². The van der Waals surface area contributed by atoms with E-state index in [1.54, 1.807) is 6.20 Å². The monoisotopic (exact) mass is 338 g/mol. The summed E-state index contributed by atoms with van der Waals surface area (Å²) in [6.07, 6.45) is 7.14. The van der Waals surface area contributed by atoms with Gasteiger partial charge in [0.25, 0.3) is 0 Å². The van der Waals surface area contributed by atoms with Crippen LogP contribution >= 0.6 is 15.9 Å². The Kier molecular flexibility index (Phi) is 5.33. The molecule has 1 aliphatic heterocycles. The summed E-state index contributed by atoms with van der Waals surface area (Å²) in [4.78, 5) is 19.3. The highest BCUT2D eigenvalue weighted by molar-refractivity contribution is 9.10. The molecule has 0 N–H and O–H groups in total. The quantitative estimate of drug-likeness (QED) is 0.840. The van der Waals surface area contributed by atoms with Crippen molar-refractivity contribution < 1.29 is 4.79 Å². The molecule has 1 aromatic rings. The summed E-state index contributed by atoms with van der Waals surface area (Å²) in [5, 5.41) is 0. The van der Waals surface area contributed by atoms with Gasteiger partial charge in [-0.15, -0.1) is 0 Å². The Morgan fingerprint density at radius 2 is 1.90 bits per heavy atom. The minimum absolute atomic E-state index is 0.259. The van der Waals surface area contributed by atoms with Gasteiger partial charge >= 0.3 is 0 Å². The highest BCUT2D eigenvalue weighted by Crippen LogP contribution is 2.22. The fourth-order valence-electron chi connectivity index (χ4n) is 2.70. The molecule has 4 heteroatoms. The summed E-state index contributed by atoms with van der Waals surface area (Å²) in [5.74, 6) is 0.259. The third-order valence-corrected chi connectivity index (χ3v) is 4.68. The molecular weight excluding hydrogens is 316 g/mol. The molecule has 0 aromatic carbocycles. The van der Waals surface area contributed by atoms with Crippen LogP contribution in [0.4, 0.5) is 0 Å². The molecule has 3 nitrogen and oxygen atoms in total. The van der Waals surface area contributed by atoms with Crippen molar-refractivity contribution in [1.82, 2.24) is 9.88 Å². The number of Topliss-reactive ketones (excluding diaryl/α,β-unsaturated/α-hetero) is 1. The number of pyridine rings is 1.